The predicted molar refractivity (Wildman–Crippen MR) is 67.5 cm³/mol. The van der Waals surface area contributed by atoms with E-state index in [0.717, 1.165) is 11.3 Å². The quantitative estimate of drug-likeness (QED) is 0.895. The molecule has 1 aliphatic heterocycles. The fraction of sp³-hybridized carbons (Fsp3) is 0.143. The minimum absolute atomic E-state index is 0.129. The van der Waals surface area contributed by atoms with Crippen LogP contribution in [0, 0.1) is 0 Å². The number of rotatable bonds is 2. The number of carbonyl (C=O) groups is 2. The molecule has 0 aliphatic carbocycles. The average Bonchev–Trinajstić information content (AvgIpc) is 3.06. The molecule has 0 atom stereocenters. The Morgan fingerprint density at radius 3 is 2.74 bits per heavy atom. The highest BCUT2D eigenvalue weighted by molar-refractivity contribution is 6.07. The first-order valence-corrected chi connectivity index (χ1v) is 5.87. The molecule has 1 aromatic heterocycles. The summed E-state index contributed by atoms with van der Waals surface area (Å²) >= 11 is 0. The van der Waals surface area contributed by atoms with E-state index < -0.39 is 5.97 Å². The van der Waals surface area contributed by atoms with Crippen LogP contribution < -0.4 is 4.90 Å². The van der Waals surface area contributed by atoms with Crippen LogP contribution in [-0.2, 0) is 6.42 Å². The van der Waals surface area contributed by atoms with Crippen LogP contribution in [0.15, 0.2) is 41.2 Å². The molecule has 5 nitrogen and oxygen atoms in total. The maximum atomic E-state index is 12.2. The van der Waals surface area contributed by atoms with Crippen LogP contribution in [-0.4, -0.2) is 23.5 Å². The van der Waals surface area contributed by atoms with Gasteiger partial charge in [0.05, 0.1) is 17.4 Å². The van der Waals surface area contributed by atoms with E-state index in [4.69, 9.17) is 9.52 Å². The van der Waals surface area contributed by atoms with Crippen molar-refractivity contribution in [1.82, 2.24) is 0 Å². The lowest BCUT2D eigenvalue weighted by Gasteiger charge is -2.16. The predicted octanol–water partition coefficient (Wildman–Crippen LogP) is 2.18. The molecular weight excluding hydrogens is 246 g/mol. The Hall–Kier alpha value is -2.56. The Balaban J connectivity index is 1.94. The number of furan rings is 1. The number of hydrogen-bond acceptors (Lipinski definition) is 3. The van der Waals surface area contributed by atoms with Gasteiger partial charge in [0, 0.05) is 12.2 Å². The molecule has 0 unspecified atom stereocenters. The standard InChI is InChI=1S/C14H11NO4/c16-13(11-4-6-19-8-11)15-5-3-9-7-10(14(17)18)1-2-12(9)15/h1-2,4,6-8H,3,5H2,(H,17,18). The molecule has 1 amide bonds. The number of carboxylic acids is 1. The van der Waals surface area contributed by atoms with Crippen LogP contribution in [0.3, 0.4) is 0 Å². The van der Waals surface area contributed by atoms with Crippen LogP contribution in [0.25, 0.3) is 0 Å². The zero-order valence-electron chi connectivity index (χ0n) is 10.00. The SMILES string of the molecule is O=C(O)c1ccc2c(c1)CCN2C(=O)c1ccoc1. The number of benzene rings is 1. The van der Waals surface area contributed by atoms with E-state index in [-0.39, 0.29) is 11.5 Å². The highest BCUT2D eigenvalue weighted by atomic mass is 16.4. The van der Waals surface area contributed by atoms with Crippen LogP contribution in [0.4, 0.5) is 5.69 Å². The van der Waals surface area contributed by atoms with E-state index in [1.807, 2.05) is 0 Å². The van der Waals surface area contributed by atoms with E-state index in [9.17, 15) is 9.59 Å². The molecule has 0 radical (unpaired) electrons. The second kappa shape index (κ2) is 4.28. The van der Waals surface area contributed by atoms with Gasteiger partial charge in [-0.3, -0.25) is 4.79 Å². The molecule has 2 aromatic rings. The van der Waals surface area contributed by atoms with Crippen molar-refractivity contribution in [2.45, 2.75) is 6.42 Å². The summed E-state index contributed by atoms with van der Waals surface area (Å²) in [6.07, 6.45) is 3.53. The van der Waals surface area contributed by atoms with Crippen molar-refractivity contribution in [2.24, 2.45) is 0 Å². The van der Waals surface area contributed by atoms with Crippen molar-refractivity contribution in [1.29, 1.82) is 0 Å². The van der Waals surface area contributed by atoms with Crippen molar-refractivity contribution in [3.63, 3.8) is 0 Å². The summed E-state index contributed by atoms with van der Waals surface area (Å²) in [6, 6.07) is 6.44. The number of carbonyl (C=O) groups excluding carboxylic acids is 1. The zero-order chi connectivity index (χ0) is 13.4. The van der Waals surface area contributed by atoms with Gasteiger partial charge in [0.2, 0.25) is 0 Å². The third-order valence-electron chi connectivity index (χ3n) is 3.24. The Morgan fingerprint density at radius 1 is 1.21 bits per heavy atom. The maximum Gasteiger partial charge on any atom is 0.335 e. The third kappa shape index (κ3) is 1.89. The molecule has 96 valence electrons. The molecule has 2 heterocycles. The van der Waals surface area contributed by atoms with Crippen molar-refractivity contribution < 1.29 is 19.1 Å². The highest BCUT2D eigenvalue weighted by Gasteiger charge is 2.26. The minimum atomic E-state index is -0.956. The molecule has 0 bridgehead atoms. The monoisotopic (exact) mass is 257 g/mol. The summed E-state index contributed by atoms with van der Waals surface area (Å²) < 4.78 is 4.91. The number of hydrogen-bond donors (Lipinski definition) is 1. The van der Waals surface area contributed by atoms with E-state index in [1.54, 1.807) is 23.1 Å². The van der Waals surface area contributed by atoms with Crippen LogP contribution in [0.5, 0.6) is 0 Å². The maximum absolute atomic E-state index is 12.2. The second-order valence-corrected chi connectivity index (χ2v) is 4.37. The molecule has 5 heteroatoms. The highest BCUT2D eigenvalue weighted by Crippen LogP contribution is 2.30. The van der Waals surface area contributed by atoms with Crippen molar-refractivity contribution >= 4 is 17.6 Å². The smallest absolute Gasteiger partial charge is 0.335 e. The summed E-state index contributed by atoms with van der Waals surface area (Å²) in [4.78, 5) is 24.8. The Kier molecular flexibility index (Phi) is 2.59. The van der Waals surface area contributed by atoms with Crippen LogP contribution >= 0.6 is 0 Å². The molecule has 19 heavy (non-hydrogen) atoms. The normalized spacial score (nSPS) is 13.4. The van der Waals surface area contributed by atoms with Gasteiger partial charge in [-0.1, -0.05) is 0 Å². The first-order chi connectivity index (χ1) is 9.16. The van der Waals surface area contributed by atoms with Crippen LogP contribution in [0.1, 0.15) is 26.3 Å². The van der Waals surface area contributed by atoms with Gasteiger partial charge in [0.25, 0.3) is 5.91 Å². The number of nitrogens with zero attached hydrogens (tertiary/aromatic N) is 1. The van der Waals surface area contributed by atoms with Crippen molar-refractivity contribution in [3.8, 4) is 0 Å². The summed E-state index contributed by atoms with van der Waals surface area (Å²) in [5.41, 5.74) is 2.40. The molecule has 0 fully saturated rings. The molecule has 1 aliphatic rings. The van der Waals surface area contributed by atoms with Crippen LogP contribution in [0.2, 0.25) is 0 Å². The lowest BCUT2D eigenvalue weighted by molar-refractivity contribution is 0.0696. The summed E-state index contributed by atoms with van der Waals surface area (Å²) in [6.45, 7) is 0.558. The van der Waals surface area contributed by atoms with Crippen molar-refractivity contribution in [2.75, 3.05) is 11.4 Å². The number of aromatic carboxylic acids is 1. The lowest BCUT2D eigenvalue weighted by Crippen LogP contribution is -2.28. The summed E-state index contributed by atoms with van der Waals surface area (Å²) in [5.74, 6) is -1.09. The van der Waals surface area contributed by atoms with Gasteiger partial charge in [0.15, 0.2) is 0 Å². The number of carboxylic acid groups (broad SMARTS) is 1. The number of amides is 1. The minimum Gasteiger partial charge on any atom is -0.478 e. The largest absolute Gasteiger partial charge is 0.478 e. The summed E-state index contributed by atoms with van der Waals surface area (Å²) in [5, 5.41) is 8.95. The number of fused-ring (bicyclic) bond motifs is 1. The van der Waals surface area contributed by atoms with E-state index in [0.29, 0.717) is 18.5 Å². The van der Waals surface area contributed by atoms with E-state index >= 15 is 0 Å². The lowest BCUT2D eigenvalue weighted by atomic mass is 10.1. The van der Waals surface area contributed by atoms with Gasteiger partial charge in [-0.25, -0.2) is 4.79 Å². The van der Waals surface area contributed by atoms with Gasteiger partial charge in [-0.15, -0.1) is 0 Å². The van der Waals surface area contributed by atoms with Gasteiger partial charge < -0.3 is 14.4 Å². The molecule has 3 rings (SSSR count). The molecule has 1 aromatic carbocycles. The average molecular weight is 257 g/mol. The number of anilines is 1. The van der Waals surface area contributed by atoms with Crippen molar-refractivity contribution in [3.05, 3.63) is 53.5 Å². The zero-order valence-corrected chi connectivity index (χ0v) is 10.00. The topological polar surface area (TPSA) is 70.8 Å². The Bertz CT molecular complexity index is 645. The van der Waals surface area contributed by atoms with Gasteiger partial charge in [-0.05, 0) is 36.2 Å². The van der Waals surface area contributed by atoms with Gasteiger partial charge >= 0.3 is 5.97 Å². The van der Waals surface area contributed by atoms with Gasteiger partial charge in [-0.2, -0.15) is 0 Å². The second-order valence-electron chi connectivity index (χ2n) is 4.37. The molecular formula is C14H11NO4. The van der Waals surface area contributed by atoms with E-state index in [2.05, 4.69) is 0 Å². The fourth-order valence-corrected chi connectivity index (χ4v) is 2.29. The Labute approximate surface area is 109 Å². The van der Waals surface area contributed by atoms with E-state index in [1.165, 1.54) is 18.6 Å². The fourth-order valence-electron chi connectivity index (χ4n) is 2.29. The first kappa shape index (κ1) is 11.5. The molecule has 0 saturated carbocycles. The first-order valence-electron chi connectivity index (χ1n) is 5.87. The summed E-state index contributed by atoms with van der Waals surface area (Å²) in [7, 11) is 0. The molecule has 1 N–H and O–H groups in total. The van der Waals surface area contributed by atoms with Gasteiger partial charge in [0.1, 0.15) is 6.26 Å². The Morgan fingerprint density at radius 2 is 2.05 bits per heavy atom. The third-order valence-corrected chi connectivity index (χ3v) is 3.24. The molecule has 0 saturated heterocycles. The molecule has 0 spiro atoms.